The summed E-state index contributed by atoms with van der Waals surface area (Å²) in [6.07, 6.45) is 1.78. The molecule has 0 atom stereocenters. The zero-order chi connectivity index (χ0) is 22.7. The van der Waals surface area contributed by atoms with E-state index < -0.39 is 11.7 Å². The molecule has 0 N–H and O–H groups in total. The standard InChI is InChI=1S/C26H30N2O4/c1-26(2,3)19-8-10-20(11-9-19)32-17-14-28-18-22(21-6-4-5-7-23(21)28)24(29)25(30)27-12-15-31-16-13-27/h4-11,18H,12-17H2,1-3H3. The smallest absolute Gasteiger partial charge is 0.295 e. The van der Waals surface area contributed by atoms with Gasteiger partial charge in [0.15, 0.2) is 0 Å². The van der Waals surface area contributed by atoms with Gasteiger partial charge in [0.25, 0.3) is 11.7 Å². The van der Waals surface area contributed by atoms with E-state index in [2.05, 4.69) is 32.9 Å². The maximum atomic E-state index is 13.0. The minimum absolute atomic E-state index is 0.101. The number of ether oxygens (including phenoxy) is 2. The molecule has 32 heavy (non-hydrogen) atoms. The Balaban J connectivity index is 1.47. The molecule has 0 bridgehead atoms. The molecule has 0 spiro atoms. The van der Waals surface area contributed by atoms with Crippen LogP contribution in [-0.2, 0) is 21.5 Å². The van der Waals surface area contributed by atoms with E-state index in [4.69, 9.17) is 9.47 Å². The number of carbonyl (C=O) groups excluding carboxylic acids is 2. The molecule has 1 aliphatic heterocycles. The fourth-order valence-electron chi connectivity index (χ4n) is 3.95. The van der Waals surface area contributed by atoms with Gasteiger partial charge in [0.2, 0.25) is 0 Å². The van der Waals surface area contributed by atoms with Gasteiger partial charge in [-0.1, -0.05) is 51.1 Å². The van der Waals surface area contributed by atoms with Crippen LogP contribution in [0.2, 0.25) is 0 Å². The third-order valence-corrected chi connectivity index (χ3v) is 5.85. The average molecular weight is 435 g/mol. The molecule has 2 aromatic carbocycles. The molecular weight excluding hydrogens is 404 g/mol. The summed E-state index contributed by atoms with van der Waals surface area (Å²) in [4.78, 5) is 27.3. The summed E-state index contributed by atoms with van der Waals surface area (Å²) in [6, 6.07) is 15.8. The molecule has 6 heteroatoms. The summed E-state index contributed by atoms with van der Waals surface area (Å²) in [5.74, 6) is -0.125. The van der Waals surface area contributed by atoms with Crippen molar-refractivity contribution in [3.63, 3.8) is 0 Å². The zero-order valence-electron chi connectivity index (χ0n) is 19.0. The van der Waals surface area contributed by atoms with Gasteiger partial charge < -0.3 is 18.9 Å². The molecule has 2 heterocycles. The highest BCUT2D eigenvalue weighted by Gasteiger charge is 2.27. The van der Waals surface area contributed by atoms with Gasteiger partial charge in [-0.2, -0.15) is 0 Å². The number of Topliss-reactive ketones (excluding diaryl/α,β-unsaturated/α-hetero) is 1. The molecule has 0 saturated carbocycles. The number of amides is 1. The minimum atomic E-state index is -0.472. The second-order valence-corrected chi connectivity index (χ2v) is 9.11. The maximum Gasteiger partial charge on any atom is 0.295 e. The molecular formula is C26H30N2O4. The third-order valence-electron chi connectivity index (χ3n) is 5.85. The number of benzene rings is 2. The molecule has 1 saturated heterocycles. The van der Waals surface area contributed by atoms with Gasteiger partial charge in [0.1, 0.15) is 12.4 Å². The van der Waals surface area contributed by atoms with Crippen LogP contribution in [0.3, 0.4) is 0 Å². The van der Waals surface area contributed by atoms with E-state index in [0.29, 0.717) is 45.0 Å². The highest BCUT2D eigenvalue weighted by atomic mass is 16.5. The van der Waals surface area contributed by atoms with Crippen molar-refractivity contribution < 1.29 is 19.1 Å². The second kappa shape index (κ2) is 9.17. The first kappa shape index (κ1) is 22.1. The lowest BCUT2D eigenvalue weighted by molar-refractivity contribution is -0.130. The zero-order valence-corrected chi connectivity index (χ0v) is 19.0. The fraction of sp³-hybridized carbons (Fsp3) is 0.385. The van der Waals surface area contributed by atoms with E-state index in [-0.39, 0.29) is 5.41 Å². The minimum Gasteiger partial charge on any atom is -0.492 e. The van der Waals surface area contributed by atoms with Gasteiger partial charge in [-0.25, -0.2) is 0 Å². The largest absolute Gasteiger partial charge is 0.492 e. The fourth-order valence-corrected chi connectivity index (χ4v) is 3.95. The monoisotopic (exact) mass is 434 g/mol. The number of morpholine rings is 1. The van der Waals surface area contributed by atoms with Gasteiger partial charge in [0.05, 0.1) is 25.3 Å². The topological polar surface area (TPSA) is 60.8 Å². The Morgan fingerprint density at radius 1 is 1.00 bits per heavy atom. The molecule has 4 rings (SSSR count). The van der Waals surface area contributed by atoms with Crippen molar-refractivity contribution in [1.82, 2.24) is 9.47 Å². The van der Waals surface area contributed by atoms with Crippen LogP contribution < -0.4 is 4.74 Å². The van der Waals surface area contributed by atoms with Gasteiger partial charge in [-0.3, -0.25) is 9.59 Å². The lowest BCUT2D eigenvalue weighted by Crippen LogP contribution is -2.44. The normalized spacial score (nSPS) is 14.5. The number of hydrogen-bond acceptors (Lipinski definition) is 4. The second-order valence-electron chi connectivity index (χ2n) is 9.11. The van der Waals surface area contributed by atoms with E-state index in [0.717, 1.165) is 16.7 Å². The molecule has 1 aliphatic rings. The Labute approximate surface area is 188 Å². The van der Waals surface area contributed by atoms with Crippen molar-refractivity contribution >= 4 is 22.6 Å². The van der Waals surface area contributed by atoms with Gasteiger partial charge in [-0.05, 0) is 29.2 Å². The van der Waals surface area contributed by atoms with Crippen molar-refractivity contribution in [2.24, 2.45) is 0 Å². The lowest BCUT2D eigenvalue weighted by Gasteiger charge is -2.25. The molecule has 0 unspecified atom stereocenters. The van der Waals surface area contributed by atoms with Crippen molar-refractivity contribution in [3.05, 3.63) is 65.9 Å². The van der Waals surface area contributed by atoms with Crippen LogP contribution in [-0.4, -0.2) is 54.1 Å². The predicted octanol–water partition coefficient (Wildman–Crippen LogP) is 4.06. The number of nitrogens with zero attached hydrogens (tertiary/aromatic N) is 2. The first-order chi connectivity index (χ1) is 15.3. The van der Waals surface area contributed by atoms with Gasteiger partial charge in [0, 0.05) is 30.2 Å². The average Bonchev–Trinajstić information content (AvgIpc) is 3.17. The summed E-state index contributed by atoms with van der Waals surface area (Å²) >= 11 is 0. The Morgan fingerprint density at radius 2 is 1.69 bits per heavy atom. The Kier molecular flexibility index (Phi) is 6.33. The molecule has 0 aliphatic carbocycles. The Hall–Kier alpha value is -3.12. The summed E-state index contributed by atoms with van der Waals surface area (Å²) in [7, 11) is 0. The van der Waals surface area contributed by atoms with Crippen molar-refractivity contribution in [2.75, 3.05) is 32.9 Å². The number of para-hydroxylation sites is 1. The van der Waals surface area contributed by atoms with Crippen LogP contribution in [0.15, 0.2) is 54.7 Å². The third kappa shape index (κ3) is 4.70. The van der Waals surface area contributed by atoms with Crippen molar-refractivity contribution in [1.29, 1.82) is 0 Å². The van der Waals surface area contributed by atoms with E-state index in [1.54, 1.807) is 11.1 Å². The molecule has 1 aromatic heterocycles. The van der Waals surface area contributed by atoms with Gasteiger partial charge >= 0.3 is 0 Å². The maximum absolute atomic E-state index is 13.0. The number of carbonyl (C=O) groups is 2. The van der Waals surface area contributed by atoms with E-state index in [1.807, 2.05) is 41.0 Å². The number of hydrogen-bond donors (Lipinski definition) is 0. The van der Waals surface area contributed by atoms with Crippen LogP contribution in [0.25, 0.3) is 10.9 Å². The highest BCUT2D eigenvalue weighted by molar-refractivity contribution is 6.44. The number of fused-ring (bicyclic) bond motifs is 1. The van der Waals surface area contributed by atoms with Crippen molar-refractivity contribution in [3.8, 4) is 5.75 Å². The predicted molar refractivity (Wildman–Crippen MR) is 124 cm³/mol. The quantitative estimate of drug-likeness (QED) is 0.434. The molecule has 6 nitrogen and oxygen atoms in total. The summed E-state index contributed by atoms with van der Waals surface area (Å²) in [5.41, 5.74) is 2.71. The van der Waals surface area contributed by atoms with Crippen molar-refractivity contribution in [2.45, 2.75) is 32.7 Å². The number of rotatable bonds is 6. The molecule has 1 fully saturated rings. The number of ketones is 1. The van der Waals surface area contributed by atoms with Crippen LogP contribution in [0.4, 0.5) is 0 Å². The van der Waals surface area contributed by atoms with Crippen LogP contribution in [0.5, 0.6) is 5.75 Å². The molecule has 168 valence electrons. The first-order valence-corrected chi connectivity index (χ1v) is 11.1. The van der Waals surface area contributed by atoms with E-state index in [1.165, 1.54) is 5.56 Å². The highest BCUT2D eigenvalue weighted by Crippen LogP contribution is 2.25. The SMILES string of the molecule is CC(C)(C)c1ccc(OCCn2cc(C(=O)C(=O)N3CCOCC3)c3ccccc32)cc1. The van der Waals surface area contributed by atoms with Crippen LogP contribution in [0.1, 0.15) is 36.7 Å². The summed E-state index contributed by atoms with van der Waals surface area (Å²) in [5, 5.41) is 0.786. The first-order valence-electron chi connectivity index (χ1n) is 11.1. The molecule has 3 aromatic rings. The molecule has 0 radical (unpaired) electrons. The summed E-state index contributed by atoms with van der Waals surface area (Å²) < 4.78 is 13.2. The Morgan fingerprint density at radius 3 is 2.38 bits per heavy atom. The molecule has 1 amide bonds. The number of aromatic nitrogens is 1. The van der Waals surface area contributed by atoms with Gasteiger partial charge in [-0.15, -0.1) is 0 Å². The van der Waals surface area contributed by atoms with Crippen LogP contribution >= 0.6 is 0 Å². The van der Waals surface area contributed by atoms with E-state index >= 15 is 0 Å². The lowest BCUT2D eigenvalue weighted by atomic mass is 9.87. The van der Waals surface area contributed by atoms with Crippen LogP contribution in [0, 0.1) is 0 Å². The van der Waals surface area contributed by atoms with E-state index in [9.17, 15) is 9.59 Å². The summed E-state index contributed by atoms with van der Waals surface area (Å²) in [6.45, 7) is 9.41. The Bertz CT molecular complexity index is 1100.